The normalized spacial score (nSPS) is 29.6. The molecule has 33 heavy (non-hydrogen) atoms. The second kappa shape index (κ2) is 7.46. The molecule has 0 radical (unpaired) electrons. The molecule has 1 aliphatic heterocycles. The van der Waals surface area contributed by atoms with Crippen molar-refractivity contribution >= 4 is 43.7 Å². The van der Waals surface area contributed by atoms with E-state index in [0.29, 0.717) is 25.3 Å². The molecule has 1 spiro atoms. The lowest BCUT2D eigenvalue weighted by atomic mass is 9.80. The molecular formula is C24H24BrN5O3. The number of aliphatic hydroxyl groups excluding tert-OH is 2. The van der Waals surface area contributed by atoms with E-state index in [4.69, 9.17) is 10.5 Å². The van der Waals surface area contributed by atoms with Gasteiger partial charge in [-0.15, -0.1) is 0 Å². The van der Waals surface area contributed by atoms with Crippen molar-refractivity contribution in [3.05, 3.63) is 58.6 Å². The SMILES string of the molecule is Cc1ncnc2c1ccn2[C@@H]1C[C@@]2(CO[C@H](c3ccc4cc(Br)c(N)nc4c3)C2)[C@@H](O)[C@H]1O. The average Bonchev–Trinajstić information content (AvgIpc) is 3.48. The van der Waals surface area contributed by atoms with Crippen LogP contribution in [0.15, 0.2) is 47.3 Å². The third-order valence-electron chi connectivity index (χ3n) is 7.38. The maximum atomic E-state index is 11.1. The number of hydrogen-bond acceptors (Lipinski definition) is 7. The van der Waals surface area contributed by atoms with Crippen LogP contribution >= 0.6 is 15.9 Å². The minimum absolute atomic E-state index is 0.187. The summed E-state index contributed by atoms with van der Waals surface area (Å²) in [5, 5.41) is 24.1. The highest BCUT2D eigenvalue weighted by atomic mass is 79.9. The van der Waals surface area contributed by atoms with Gasteiger partial charge in [0.2, 0.25) is 0 Å². The molecule has 8 nitrogen and oxygen atoms in total. The summed E-state index contributed by atoms with van der Waals surface area (Å²) in [6.07, 6.45) is 2.70. The molecule has 4 heterocycles. The third kappa shape index (κ3) is 3.18. The Morgan fingerprint density at radius 2 is 2.03 bits per heavy atom. The average molecular weight is 510 g/mol. The molecule has 3 aromatic heterocycles. The lowest BCUT2D eigenvalue weighted by Crippen LogP contribution is -2.37. The number of aromatic nitrogens is 4. The van der Waals surface area contributed by atoms with E-state index in [0.717, 1.165) is 37.7 Å². The van der Waals surface area contributed by atoms with Gasteiger partial charge in [0, 0.05) is 22.4 Å². The Morgan fingerprint density at radius 1 is 1.18 bits per heavy atom. The van der Waals surface area contributed by atoms with Crippen molar-refractivity contribution in [2.45, 2.75) is 44.1 Å². The van der Waals surface area contributed by atoms with Gasteiger partial charge in [0.1, 0.15) is 23.9 Å². The minimum Gasteiger partial charge on any atom is -0.390 e. The summed E-state index contributed by atoms with van der Waals surface area (Å²) in [4.78, 5) is 13.2. The fourth-order valence-electron chi connectivity index (χ4n) is 5.55. The number of fused-ring (bicyclic) bond motifs is 2. The number of rotatable bonds is 2. The summed E-state index contributed by atoms with van der Waals surface area (Å²) in [7, 11) is 0. The van der Waals surface area contributed by atoms with E-state index in [1.807, 2.05) is 48.0 Å². The summed E-state index contributed by atoms with van der Waals surface area (Å²) in [6.45, 7) is 2.32. The third-order valence-corrected chi connectivity index (χ3v) is 8.02. The first-order chi connectivity index (χ1) is 15.9. The molecule has 0 bridgehead atoms. The van der Waals surface area contributed by atoms with E-state index < -0.39 is 17.6 Å². The first kappa shape index (κ1) is 21.0. The van der Waals surface area contributed by atoms with Crippen molar-refractivity contribution in [1.29, 1.82) is 0 Å². The van der Waals surface area contributed by atoms with Crippen LogP contribution in [0, 0.1) is 12.3 Å². The van der Waals surface area contributed by atoms with Crippen LogP contribution in [0.2, 0.25) is 0 Å². The van der Waals surface area contributed by atoms with Gasteiger partial charge >= 0.3 is 0 Å². The number of nitrogens with zero attached hydrogens (tertiary/aromatic N) is 4. The standard InChI is InChI=1S/C24H24BrN5O3/c1-12-15-4-5-30(23(15)28-11-27-12)18-8-24(21(32)20(18)31)9-19(33-10-24)14-3-2-13-6-16(25)22(26)29-17(13)7-14/h2-7,11,18-21,31-32H,8-10H2,1H3,(H2,26,29)/t18-,19+,20+,21+,24-/m1/s1. The Labute approximate surface area is 198 Å². The van der Waals surface area contributed by atoms with Crippen molar-refractivity contribution < 1.29 is 14.9 Å². The van der Waals surface area contributed by atoms with Gasteiger partial charge in [0.25, 0.3) is 0 Å². The molecule has 6 rings (SSSR count). The highest BCUT2D eigenvalue weighted by Crippen LogP contribution is 2.54. The van der Waals surface area contributed by atoms with E-state index in [1.165, 1.54) is 6.33 Å². The lowest BCUT2D eigenvalue weighted by molar-refractivity contribution is -0.0309. The monoisotopic (exact) mass is 509 g/mol. The van der Waals surface area contributed by atoms with Gasteiger partial charge in [-0.05, 0) is 59.5 Å². The van der Waals surface area contributed by atoms with E-state index >= 15 is 0 Å². The molecular weight excluding hydrogens is 486 g/mol. The molecule has 0 unspecified atom stereocenters. The van der Waals surface area contributed by atoms with Crippen LogP contribution in [0.4, 0.5) is 5.82 Å². The number of hydrogen-bond donors (Lipinski definition) is 3. The van der Waals surface area contributed by atoms with Gasteiger partial charge < -0.3 is 25.3 Å². The summed E-state index contributed by atoms with van der Waals surface area (Å²) in [6, 6.07) is 9.67. The zero-order chi connectivity index (χ0) is 22.9. The Hall–Kier alpha value is -2.59. The summed E-state index contributed by atoms with van der Waals surface area (Å²) >= 11 is 3.42. The Kier molecular flexibility index (Phi) is 4.74. The van der Waals surface area contributed by atoms with Crippen LogP contribution in [0.25, 0.3) is 21.9 Å². The van der Waals surface area contributed by atoms with Gasteiger partial charge in [0.05, 0.1) is 40.5 Å². The van der Waals surface area contributed by atoms with Crippen LogP contribution < -0.4 is 5.73 Å². The largest absolute Gasteiger partial charge is 0.390 e. The molecule has 1 saturated heterocycles. The number of nitrogens with two attached hydrogens (primary N) is 1. The number of halogens is 1. The Balaban J connectivity index is 1.30. The van der Waals surface area contributed by atoms with E-state index in [9.17, 15) is 10.2 Å². The van der Waals surface area contributed by atoms with Gasteiger partial charge in [-0.2, -0.15) is 0 Å². The lowest BCUT2D eigenvalue weighted by Gasteiger charge is -2.26. The maximum Gasteiger partial charge on any atom is 0.143 e. The van der Waals surface area contributed by atoms with Crippen LogP contribution in [-0.4, -0.2) is 48.5 Å². The van der Waals surface area contributed by atoms with E-state index in [1.54, 1.807) is 0 Å². The van der Waals surface area contributed by atoms with Crippen molar-refractivity contribution in [1.82, 2.24) is 19.5 Å². The zero-order valence-electron chi connectivity index (χ0n) is 18.0. The molecule has 2 aliphatic rings. The molecule has 1 aliphatic carbocycles. The number of pyridine rings is 1. The summed E-state index contributed by atoms with van der Waals surface area (Å²) < 4.78 is 8.94. The van der Waals surface area contributed by atoms with Crippen molar-refractivity contribution in [3.63, 3.8) is 0 Å². The number of anilines is 1. The quantitative estimate of drug-likeness (QED) is 0.378. The number of ether oxygens (including phenoxy) is 1. The molecule has 170 valence electrons. The first-order valence-corrected chi connectivity index (χ1v) is 11.8. The number of nitrogen functional groups attached to an aromatic ring is 1. The smallest absolute Gasteiger partial charge is 0.143 e. The molecule has 2 fully saturated rings. The first-order valence-electron chi connectivity index (χ1n) is 11.0. The Morgan fingerprint density at radius 3 is 2.88 bits per heavy atom. The highest BCUT2D eigenvalue weighted by Gasteiger charge is 2.57. The maximum absolute atomic E-state index is 11.1. The highest BCUT2D eigenvalue weighted by molar-refractivity contribution is 9.10. The van der Waals surface area contributed by atoms with Gasteiger partial charge in [-0.25, -0.2) is 15.0 Å². The fourth-order valence-corrected chi connectivity index (χ4v) is 5.88. The molecule has 4 N–H and O–H groups in total. The number of aryl methyl sites for hydroxylation is 1. The molecule has 4 aromatic rings. The second-order valence-electron chi connectivity index (χ2n) is 9.30. The molecule has 0 amide bonds. The van der Waals surface area contributed by atoms with Crippen molar-refractivity contribution in [3.8, 4) is 0 Å². The minimum atomic E-state index is -0.909. The van der Waals surface area contributed by atoms with Gasteiger partial charge in [-0.3, -0.25) is 0 Å². The van der Waals surface area contributed by atoms with Crippen LogP contribution in [-0.2, 0) is 4.74 Å². The number of aliphatic hydroxyl groups is 2. The molecule has 1 saturated carbocycles. The van der Waals surface area contributed by atoms with Crippen LogP contribution in [0.5, 0.6) is 0 Å². The van der Waals surface area contributed by atoms with Crippen molar-refractivity contribution in [2.24, 2.45) is 5.41 Å². The summed E-state index contributed by atoms with van der Waals surface area (Å²) in [5.74, 6) is 0.443. The van der Waals surface area contributed by atoms with Crippen LogP contribution in [0.3, 0.4) is 0 Å². The van der Waals surface area contributed by atoms with E-state index in [2.05, 4.69) is 30.9 Å². The van der Waals surface area contributed by atoms with Gasteiger partial charge in [0.15, 0.2) is 0 Å². The second-order valence-corrected chi connectivity index (χ2v) is 10.2. The zero-order valence-corrected chi connectivity index (χ0v) is 19.6. The molecule has 9 heteroatoms. The summed E-state index contributed by atoms with van der Waals surface area (Å²) in [5.41, 5.74) is 8.90. The number of benzene rings is 1. The van der Waals surface area contributed by atoms with Gasteiger partial charge in [-0.1, -0.05) is 12.1 Å². The fraction of sp³-hybridized carbons (Fsp3) is 0.375. The molecule has 1 aromatic carbocycles. The van der Waals surface area contributed by atoms with Crippen molar-refractivity contribution in [2.75, 3.05) is 12.3 Å². The predicted octanol–water partition coefficient (Wildman–Crippen LogP) is 3.45. The molecule has 5 atom stereocenters. The predicted molar refractivity (Wildman–Crippen MR) is 128 cm³/mol. The Bertz CT molecular complexity index is 1390. The van der Waals surface area contributed by atoms with Crippen LogP contribution in [0.1, 0.15) is 36.2 Å². The topological polar surface area (TPSA) is 119 Å². The van der Waals surface area contributed by atoms with E-state index in [-0.39, 0.29) is 12.1 Å².